The fraction of sp³-hybridized carbons (Fsp3) is 0.375. The van der Waals surface area contributed by atoms with Crippen LogP contribution >= 0.6 is 0 Å². The van der Waals surface area contributed by atoms with E-state index < -0.39 is 5.97 Å². The van der Waals surface area contributed by atoms with Crippen molar-refractivity contribution in [3.8, 4) is 5.88 Å². The summed E-state index contributed by atoms with van der Waals surface area (Å²) in [4.78, 5) is 24.0. The van der Waals surface area contributed by atoms with Gasteiger partial charge in [-0.05, 0) is 81.7 Å². The predicted octanol–water partition coefficient (Wildman–Crippen LogP) is 5.09. The number of piperidine rings is 1. The maximum Gasteiger partial charge on any atom is 0.335 e. The second kappa shape index (κ2) is 11.2. The molecule has 2 atom stereocenters. The lowest BCUT2D eigenvalue weighted by molar-refractivity contribution is -0.0594. The fourth-order valence-electron chi connectivity index (χ4n) is 6.11. The van der Waals surface area contributed by atoms with E-state index in [0.29, 0.717) is 24.9 Å². The number of ether oxygens (including phenoxy) is 2. The van der Waals surface area contributed by atoms with E-state index in [2.05, 4.69) is 27.6 Å². The highest BCUT2D eigenvalue weighted by Gasteiger charge is 2.30. The molecule has 0 bridgehead atoms. The van der Waals surface area contributed by atoms with Crippen molar-refractivity contribution in [1.29, 1.82) is 0 Å². The van der Waals surface area contributed by atoms with Gasteiger partial charge in [0.25, 0.3) is 0 Å². The van der Waals surface area contributed by atoms with Crippen LogP contribution in [-0.4, -0.2) is 65.9 Å². The van der Waals surface area contributed by atoms with Crippen molar-refractivity contribution < 1.29 is 19.4 Å². The molecule has 2 aliphatic heterocycles. The van der Waals surface area contributed by atoms with Gasteiger partial charge >= 0.3 is 5.97 Å². The molecule has 1 aromatic carbocycles. The zero-order valence-electron chi connectivity index (χ0n) is 23.6. The van der Waals surface area contributed by atoms with Crippen molar-refractivity contribution in [3.05, 3.63) is 89.6 Å². The van der Waals surface area contributed by atoms with Crippen LogP contribution in [-0.2, 0) is 17.9 Å². The number of aromatic nitrogens is 5. The maximum atomic E-state index is 11.7. The summed E-state index contributed by atoms with van der Waals surface area (Å²) in [6, 6.07) is 19.3. The fourth-order valence-corrected chi connectivity index (χ4v) is 6.11. The number of nitrogens with zero attached hydrogens (tertiary/aromatic N) is 6. The standard InChI is InChI=1S/C32H34N6O4/c1-21(31-34-28-9-8-23(32(39)40)17-29(28)37(31)19-26-12-16-41-26)36-14-10-22(11-15-36)27-6-4-7-30(33-27)42-20-24-18-25-5-2-3-13-38(25)35-24/h2-9,13,17-18,21-22,26H,10-12,14-16,19-20H2,1H3,(H,39,40)/t21-,26-/m0/s1. The Balaban J connectivity index is 1.03. The van der Waals surface area contributed by atoms with E-state index in [1.807, 2.05) is 53.2 Å². The van der Waals surface area contributed by atoms with Gasteiger partial charge in [-0.1, -0.05) is 12.1 Å². The minimum absolute atomic E-state index is 0.0831. The summed E-state index contributed by atoms with van der Waals surface area (Å²) in [5.74, 6) is 1.00. The van der Waals surface area contributed by atoms with Gasteiger partial charge in [0.2, 0.25) is 5.88 Å². The molecule has 0 saturated carbocycles. The van der Waals surface area contributed by atoms with Gasteiger partial charge in [-0.2, -0.15) is 5.10 Å². The average Bonchev–Trinajstić information content (AvgIpc) is 3.58. The van der Waals surface area contributed by atoms with E-state index in [1.165, 1.54) is 0 Å². The zero-order valence-corrected chi connectivity index (χ0v) is 23.6. The number of fused-ring (bicyclic) bond motifs is 2. The third-order valence-corrected chi connectivity index (χ3v) is 8.61. The molecule has 7 rings (SSSR count). The Hall–Kier alpha value is -4.28. The molecule has 5 aromatic rings. The summed E-state index contributed by atoms with van der Waals surface area (Å²) in [6.07, 6.45) is 5.05. The molecular formula is C32H34N6O4. The highest BCUT2D eigenvalue weighted by atomic mass is 16.5. The maximum absolute atomic E-state index is 11.7. The molecule has 2 aliphatic rings. The zero-order chi connectivity index (χ0) is 28.6. The number of carboxylic acid groups (broad SMARTS) is 1. The van der Waals surface area contributed by atoms with E-state index in [-0.39, 0.29) is 17.7 Å². The lowest BCUT2D eigenvalue weighted by Gasteiger charge is -2.36. The molecule has 0 radical (unpaired) electrons. The minimum Gasteiger partial charge on any atom is -0.478 e. The third kappa shape index (κ3) is 5.23. The van der Waals surface area contributed by atoms with Crippen molar-refractivity contribution in [2.45, 2.75) is 57.4 Å². The number of hydrogen-bond acceptors (Lipinski definition) is 7. The van der Waals surface area contributed by atoms with Crippen molar-refractivity contribution >= 4 is 22.5 Å². The Kier molecular flexibility index (Phi) is 7.09. The lowest BCUT2D eigenvalue weighted by atomic mass is 9.92. The summed E-state index contributed by atoms with van der Waals surface area (Å²) in [6.45, 7) is 5.86. The first-order valence-corrected chi connectivity index (χ1v) is 14.6. The first kappa shape index (κ1) is 26.6. The number of pyridine rings is 2. The molecule has 4 aromatic heterocycles. The summed E-state index contributed by atoms with van der Waals surface area (Å²) in [5, 5.41) is 14.1. The number of hydrogen-bond donors (Lipinski definition) is 1. The van der Waals surface area contributed by atoms with Gasteiger partial charge in [0, 0.05) is 30.5 Å². The minimum atomic E-state index is -0.931. The molecule has 2 saturated heterocycles. The monoisotopic (exact) mass is 566 g/mol. The largest absolute Gasteiger partial charge is 0.478 e. The Labute approximate surface area is 243 Å². The van der Waals surface area contributed by atoms with Crippen LogP contribution in [0.4, 0.5) is 0 Å². The van der Waals surface area contributed by atoms with Gasteiger partial charge in [-0.3, -0.25) is 4.90 Å². The second-order valence-electron chi connectivity index (χ2n) is 11.3. The topological polar surface area (TPSA) is 107 Å². The van der Waals surface area contributed by atoms with Crippen LogP contribution in [0.3, 0.4) is 0 Å². The van der Waals surface area contributed by atoms with E-state index >= 15 is 0 Å². The quantitative estimate of drug-likeness (QED) is 0.263. The van der Waals surface area contributed by atoms with Gasteiger partial charge in [0.05, 0.1) is 40.8 Å². The van der Waals surface area contributed by atoms with Gasteiger partial charge in [-0.25, -0.2) is 19.3 Å². The van der Waals surface area contributed by atoms with E-state index in [1.54, 1.807) is 12.1 Å². The Bertz CT molecular complexity index is 1700. The number of aromatic carboxylic acids is 1. The lowest BCUT2D eigenvalue weighted by Crippen LogP contribution is -2.37. The Morgan fingerprint density at radius 1 is 1.07 bits per heavy atom. The first-order valence-electron chi connectivity index (χ1n) is 14.6. The average molecular weight is 567 g/mol. The molecule has 0 aliphatic carbocycles. The van der Waals surface area contributed by atoms with Crippen molar-refractivity contribution in [2.75, 3.05) is 19.7 Å². The summed E-state index contributed by atoms with van der Waals surface area (Å²) in [7, 11) is 0. The number of rotatable bonds is 9. The second-order valence-corrected chi connectivity index (χ2v) is 11.3. The van der Waals surface area contributed by atoms with E-state index in [9.17, 15) is 9.90 Å². The van der Waals surface area contributed by atoms with Crippen LogP contribution in [0.2, 0.25) is 0 Å². The van der Waals surface area contributed by atoms with Crippen LogP contribution in [0, 0.1) is 0 Å². The normalized spacial score (nSPS) is 18.7. The van der Waals surface area contributed by atoms with Crippen LogP contribution in [0.25, 0.3) is 16.6 Å². The predicted molar refractivity (Wildman–Crippen MR) is 157 cm³/mol. The van der Waals surface area contributed by atoms with Crippen molar-refractivity contribution in [3.63, 3.8) is 0 Å². The van der Waals surface area contributed by atoms with Crippen LogP contribution in [0.15, 0.2) is 66.9 Å². The highest BCUT2D eigenvalue weighted by molar-refractivity contribution is 5.92. The van der Waals surface area contributed by atoms with E-state index in [0.717, 1.165) is 72.7 Å². The number of carbonyl (C=O) groups is 1. The number of benzene rings is 1. The van der Waals surface area contributed by atoms with Crippen LogP contribution < -0.4 is 4.74 Å². The van der Waals surface area contributed by atoms with Gasteiger partial charge < -0.3 is 19.1 Å². The smallest absolute Gasteiger partial charge is 0.335 e. The third-order valence-electron chi connectivity index (χ3n) is 8.61. The van der Waals surface area contributed by atoms with Crippen molar-refractivity contribution in [1.82, 2.24) is 29.0 Å². The molecular weight excluding hydrogens is 532 g/mol. The number of likely N-dealkylation sites (tertiary alicyclic amines) is 1. The van der Waals surface area contributed by atoms with Crippen molar-refractivity contribution in [2.24, 2.45) is 0 Å². The summed E-state index contributed by atoms with van der Waals surface area (Å²) < 4.78 is 15.8. The molecule has 0 amide bonds. The van der Waals surface area contributed by atoms with Gasteiger partial charge in [0.1, 0.15) is 18.1 Å². The van der Waals surface area contributed by atoms with Crippen LogP contribution in [0.1, 0.15) is 65.7 Å². The van der Waals surface area contributed by atoms with Crippen LogP contribution in [0.5, 0.6) is 5.88 Å². The first-order chi connectivity index (χ1) is 20.5. The molecule has 0 spiro atoms. The van der Waals surface area contributed by atoms with Gasteiger partial charge in [-0.15, -0.1) is 0 Å². The molecule has 2 fully saturated rings. The molecule has 0 unspecified atom stereocenters. The molecule has 42 heavy (non-hydrogen) atoms. The molecule has 216 valence electrons. The highest BCUT2D eigenvalue weighted by Crippen LogP contribution is 2.34. The number of carboxylic acids is 1. The number of imidazole rings is 1. The molecule has 6 heterocycles. The van der Waals surface area contributed by atoms with E-state index in [4.69, 9.17) is 19.4 Å². The Morgan fingerprint density at radius 2 is 1.93 bits per heavy atom. The summed E-state index contributed by atoms with van der Waals surface area (Å²) in [5.41, 5.74) is 4.91. The summed E-state index contributed by atoms with van der Waals surface area (Å²) >= 11 is 0. The molecule has 10 nitrogen and oxygen atoms in total. The SMILES string of the molecule is C[C@@H](c1nc2ccc(C(=O)O)cc2n1C[C@@H]1CCO1)N1CCC(c2cccc(OCc3cc4ccccn4n3)n2)CC1. The molecule has 10 heteroatoms. The molecule has 1 N–H and O–H groups in total. The van der Waals surface area contributed by atoms with Gasteiger partial charge in [0.15, 0.2) is 0 Å². The Morgan fingerprint density at radius 3 is 2.69 bits per heavy atom.